The molecule has 0 atom stereocenters. The molecule has 0 bridgehead atoms. The molecule has 0 aliphatic carbocycles. The minimum atomic E-state index is -0.782. The molecule has 8 nitrogen and oxygen atoms in total. The smallest absolute Gasteiger partial charge is 0.346 e. The van der Waals surface area contributed by atoms with Gasteiger partial charge in [0.15, 0.2) is 12.4 Å². The zero-order valence-corrected chi connectivity index (χ0v) is 14.5. The van der Waals surface area contributed by atoms with Crippen molar-refractivity contribution in [3.05, 3.63) is 65.9 Å². The number of nitrogen functional groups attached to an aromatic ring is 1. The van der Waals surface area contributed by atoms with Crippen LogP contribution in [0.15, 0.2) is 59.1 Å². The summed E-state index contributed by atoms with van der Waals surface area (Å²) in [7, 11) is 0. The van der Waals surface area contributed by atoms with Crippen molar-refractivity contribution < 1.29 is 23.6 Å². The van der Waals surface area contributed by atoms with Gasteiger partial charge in [-0.1, -0.05) is 35.5 Å². The number of esters is 1. The zero-order chi connectivity index (χ0) is 19.2. The minimum Gasteiger partial charge on any atom is -0.455 e. The second-order valence-corrected chi connectivity index (χ2v) is 5.54. The highest BCUT2D eigenvalue weighted by Gasteiger charge is 2.21. The van der Waals surface area contributed by atoms with Crippen LogP contribution in [-0.4, -0.2) is 23.6 Å². The molecule has 8 heteroatoms. The first-order valence-corrected chi connectivity index (χ1v) is 8.05. The average Bonchev–Trinajstić information content (AvgIpc) is 3.01. The van der Waals surface area contributed by atoms with E-state index < -0.39 is 18.5 Å². The second-order valence-electron chi connectivity index (χ2n) is 5.54. The number of ether oxygens (including phenoxy) is 2. The van der Waals surface area contributed by atoms with Gasteiger partial charge in [-0.2, -0.15) is 0 Å². The van der Waals surface area contributed by atoms with E-state index in [2.05, 4.69) is 10.5 Å². The van der Waals surface area contributed by atoms with Gasteiger partial charge in [-0.25, -0.2) is 4.79 Å². The molecule has 1 amide bonds. The van der Waals surface area contributed by atoms with E-state index in [1.807, 2.05) is 18.2 Å². The highest BCUT2D eigenvalue weighted by atomic mass is 16.5. The molecule has 3 rings (SSSR count). The SMILES string of the molecule is Cc1noc(N)c1C(=O)OCC(=O)Nc1ccccc1Oc1ccccc1. The summed E-state index contributed by atoms with van der Waals surface area (Å²) in [6.07, 6.45) is 0. The number of rotatable bonds is 6. The summed E-state index contributed by atoms with van der Waals surface area (Å²) >= 11 is 0. The summed E-state index contributed by atoms with van der Waals surface area (Å²) in [5.74, 6) is -0.374. The number of anilines is 2. The summed E-state index contributed by atoms with van der Waals surface area (Å²) in [6, 6.07) is 16.1. The number of nitrogens with one attached hydrogen (secondary N) is 1. The van der Waals surface area contributed by atoms with Crippen LogP contribution >= 0.6 is 0 Å². The maximum atomic E-state index is 12.1. The fourth-order valence-electron chi connectivity index (χ4n) is 2.30. The summed E-state index contributed by atoms with van der Waals surface area (Å²) in [6.45, 7) is 1.05. The standard InChI is InChI=1S/C19H17N3O5/c1-12-17(18(20)27-22-12)19(24)25-11-16(23)21-14-9-5-6-10-15(14)26-13-7-3-2-4-8-13/h2-10H,11,20H2,1H3,(H,21,23). The van der Waals surface area contributed by atoms with Crippen molar-refractivity contribution in [2.24, 2.45) is 0 Å². The summed E-state index contributed by atoms with van der Waals surface area (Å²) in [5, 5.41) is 6.21. The summed E-state index contributed by atoms with van der Waals surface area (Å²) < 4.78 is 15.4. The Morgan fingerprint density at radius 3 is 2.52 bits per heavy atom. The first-order valence-electron chi connectivity index (χ1n) is 8.05. The van der Waals surface area contributed by atoms with E-state index in [0.29, 0.717) is 22.9 Å². The molecule has 0 fully saturated rings. The van der Waals surface area contributed by atoms with E-state index in [9.17, 15) is 9.59 Å². The van der Waals surface area contributed by atoms with E-state index >= 15 is 0 Å². The van der Waals surface area contributed by atoms with Crippen LogP contribution < -0.4 is 15.8 Å². The van der Waals surface area contributed by atoms with Crippen molar-refractivity contribution in [2.45, 2.75) is 6.92 Å². The topological polar surface area (TPSA) is 117 Å². The van der Waals surface area contributed by atoms with Gasteiger partial charge in [-0.05, 0) is 31.2 Å². The molecule has 0 aliphatic rings. The monoisotopic (exact) mass is 367 g/mol. The molecular weight excluding hydrogens is 350 g/mol. The van der Waals surface area contributed by atoms with Crippen LogP contribution in [0.1, 0.15) is 16.1 Å². The molecule has 3 N–H and O–H groups in total. The van der Waals surface area contributed by atoms with Crippen molar-refractivity contribution in [1.29, 1.82) is 0 Å². The Hall–Kier alpha value is -3.81. The average molecular weight is 367 g/mol. The molecule has 1 heterocycles. The lowest BCUT2D eigenvalue weighted by Crippen LogP contribution is -2.21. The number of para-hydroxylation sites is 3. The fourth-order valence-corrected chi connectivity index (χ4v) is 2.30. The first kappa shape index (κ1) is 18.0. The van der Waals surface area contributed by atoms with Crippen molar-refractivity contribution in [2.75, 3.05) is 17.7 Å². The Kier molecular flexibility index (Phi) is 5.36. The molecule has 1 aromatic heterocycles. The quantitative estimate of drug-likeness (QED) is 0.643. The number of hydrogen-bond donors (Lipinski definition) is 2. The summed E-state index contributed by atoms with van der Waals surface area (Å²) in [5.41, 5.74) is 6.27. The largest absolute Gasteiger partial charge is 0.455 e. The number of nitrogens with two attached hydrogens (primary N) is 1. The third-order valence-electron chi connectivity index (χ3n) is 3.56. The number of hydrogen-bond acceptors (Lipinski definition) is 7. The number of aromatic nitrogens is 1. The maximum Gasteiger partial charge on any atom is 0.346 e. The number of carbonyl (C=O) groups is 2. The highest BCUT2D eigenvalue weighted by Crippen LogP contribution is 2.29. The van der Waals surface area contributed by atoms with Crippen LogP contribution in [0.3, 0.4) is 0 Å². The van der Waals surface area contributed by atoms with Crippen LogP contribution in [0.25, 0.3) is 0 Å². The van der Waals surface area contributed by atoms with Crippen molar-refractivity contribution in [3.63, 3.8) is 0 Å². The van der Waals surface area contributed by atoms with Crippen LogP contribution in [0.5, 0.6) is 11.5 Å². The summed E-state index contributed by atoms with van der Waals surface area (Å²) in [4.78, 5) is 24.2. The van der Waals surface area contributed by atoms with Gasteiger partial charge in [0.05, 0.1) is 11.4 Å². The first-order chi connectivity index (χ1) is 13.0. The molecular formula is C19H17N3O5. The number of aryl methyl sites for hydroxylation is 1. The molecule has 0 unspecified atom stereocenters. The Bertz CT molecular complexity index is 933. The van der Waals surface area contributed by atoms with Gasteiger partial charge in [-0.3, -0.25) is 4.79 Å². The lowest BCUT2D eigenvalue weighted by Gasteiger charge is -2.12. The van der Waals surface area contributed by atoms with Gasteiger partial charge in [-0.15, -0.1) is 0 Å². The molecule has 0 saturated heterocycles. The fraction of sp³-hybridized carbons (Fsp3) is 0.105. The van der Waals surface area contributed by atoms with E-state index in [1.165, 1.54) is 0 Å². The lowest BCUT2D eigenvalue weighted by atomic mass is 10.2. The van der Waals surface area contributed by atoms with Gasteiger partial charge < -0.3 is 25.0 Å². The maximum absolute atomic E-state index is 12.1. The molecule has 27 heavy (non-hydrogen) atoms. The Labute approximate surface area is 154 Å². The minimum absolute atomic E-state index is 0.00983. The molecule has 0 spiro atoms. The molecule has 3 aromatic rings. The predicted octanol–water partition coefficient (Wildman–Crippen LogP) is 3.15. The highest BCUT2D eigenvalue weighted by molar-refractivity contribution is 5.98. The van der Waals surface area contributed by atoms with E-state index in [1.54, 1.807) is 43.3 Å². The van der Waals surface area contributed by atoms with Gasteiger partial charge in [0.1, 0.15) is 11.3 Å². The van der Waals surface area contributed by atoms with Crippen molar-refractivity contribution in [1.82, 2.24) is 5.16 Å². The number of benzene rings is 2. The predicted molar refractivity (Wildman–Crippen MR) is 97.5 cm³/mol. The molecule has 138 valence electrons. The van der Waals surface area contributed by atoms with E-state index in [4.69, 9.17) is 19.7 Å². The Balaban J connectivity index is 1.62. The third-order valence-corrected chi connectivity index (χ3v) is 3.56. The normalized spacial score (nSPS) is 10.3. The number of carbonyl (C=O) groups excluding carboxylic acids is 2. The number of amides is 1. The Morgan fingerprint density at radius 2 is 1.81 bits per heavy atom. The van der Waals surface area contributed by atoms with Crippen LogP contribution in [0, 0.1) is 6.92 Å². The van der Waals surface area contributed by atoms with Crippen molar-refractivity contribution in [3.8, 4) is 11.5 Å². The van der Waals surface area contributed by atoms with Crippen molar-refractivity contribution >= 4 is 23.4 Å². The number of nitrogens with zero attached hydrogens (tertiary/aromatic N) is 1. The van der Waals surface area contributed by atoms with E-state index in [0.717, 1.165) is 0 Å². The molecule has 0 saturated carbocycles. The van der Waals surface area contributed by atoms with Crippen LogP contribution in [0.2, 0.25) is 0 Å². The lowest BCUT2D eigenvalue weighted by molar-refractivity contribution is -0.119. The van der Waals surface area contributed by atoms with Crippen LogP contribution in [0.4, 0.5) is 11.6 Å². The van der Waals surface area contributed by atoms with Gasteiger partial charge >= 0.3 is 5.97 Å². The third kappa shape index (κ3) is 4.43. The van der Waals surface area contributed by atoms with Gasteiger partial charge in [0.25, 0.3) is 5.91 Å². The molecule has 0 aliphatic heterocycles. The van der Waals surface area contributed by atoms with Gasteiger partial charge in [0.2, 0.25) is 5.88 Å². The zero-order valence-electron chi connectivity index (χ0n) is 14.5. The van der Waals surface area contributed by atoms with Crippen LogP contribution in [-0.2, 0) is 9.53 Å². The molecule has 0 radical (unpaired) electrons. The Morgan fingerprint density at radius 1 is 1.11 bits per heavy atom. The molecule has 2 aromatic carbocycles. The van der Waals surface area contributed by atoms with E-state index in [-0.39, 0.29) is 11.4 Å². The second kappa shape index (κ2) is 8.05. The van der Waals surface area contributed by atoms with Gasteiger partial charge in [0, 0.05) is 0 Å².